The molecule has 21 heavy (non-hydrogen) atoms. The molecule has 2 heterocycles. The number of carbonyl (C=O) groups is 1. The third-order valence-electron chi connectivity index (χ3n) is 4.30. The number of likely N-dealkylation sites (tertiary alicyclic amines) is 1. The predicted octanol–water partition coefficient (Wildman–Crippen LogP) is -0.466. The van der Waals surface area contributed by atoms with Crippen molar-refractivity contribution in [1.82, 2.24) is 14.5 Å². The Hall–Kier alpha value is -0.410. The number of carbonyl (C=O) groups excluding carboxylic acids is 1. The van der Waals surface area contributed by atoms with E-state index < -0.39 is 10.2 Å². The number of nitrogens with two attached hydrogens (primary N) is 1. The molecule has 0 aromatic rings. The molecule has 0 aromatic carbocycles. The minimum absolute atomic E-state index is 0. The second-order valence-corrected chi connectivity index (χ2v) is 7.18. The third-order valence-corrected chi connectivity index (χ3v) is 5.39. The van der Waals surface area contributed by atoms with Gasteiger partial charge in [-0.05, 0) is 32.7 Å². The van der Waals surface area contributed by atoms with Gasteiger partial charge in [0.25, 0.3) is 10.2 Å². The van der Waals surface area contributed by atoms with Crippen LogP contribution in [0.1, 0.15) is 25.7 Å². The molecule has 0 radical (unpaired) electrons. The molecule has 7 nitrogen and oxygen atoms in total. The van der Waals surface area contributed by atoms with Gasteiger partial charge in [0.15, 0.2) is 0 Å². The molecule has 9 heteroatoms. The smallest absolute Gasteiger partial charge is 0.276 e. The van der Waals surface area contributed by atoms with Crippen molar-refractivity contribution >= 4 is 28.5 Å². The number of amides is 1. The summed E-state index contributed by atoms with van der Waals surface area (Å²) >= 11 is 0. The monoisotopic (exact) mass is 340 g/mol. The van der Waals surface area contributed by atoms with E-state index in [4.69, 9.17) is 5.14 Å². The molecule has 0 spiro atoms. The number of nitrogens with zero attached hydrogens (tertiary/aromatic N) is 2. The van der Waals surface area contributed by atoms with Crippen LogP contribution in [0.2, 0.25) is 0 Å². The van der Waals surface area contributed by atoms with Gasteiger partial charge in [0, 0.05) is 38.1 Å². The van der Waals surface area contributed by atoms with E-state index in [1.807, 2.05) is 11.9 Å². The highest BCUT2D eigenvalue weighted by atomic mass is 35.5. The third kappa shape index (κ3) is 4.79. The number of halogens is 1. The number of piperidine rings is 2. The summed E-state index contributed by atoms with van der Waals surface area (Å²) in [6, 6.07) is 0.372. The molecule has 2 saturated heterocycles. The molecule has 1 unspecified atom stereocenters. The van der Waals surface area contributed by atoms with Gasteiger partial charge in [0.05, 0.1) is 0 Å². The van der Waals surface area contributed by atoms with Crippen molar-refractivity contribution < 1.29 is 13.2 Å². The van der Waals surface area contributed by atoms with Crippen LogP contribution in [0.5, 0.6) is 0 Å². The highest BCUT2D eigenvalue weighted by molar-refractivity contribution is 7.86. The molecule has 3 N–H and O–H groups in total. The topological polar surface area (TPSA) is 95.7 Å². The highest BCUT2D eigenvalue weighted by Crippen LogP contribution is 2.22. The quantitative estimate of drug-likeness (QED) is 0.726. The Kier molecular flexibility index (Phi) is 6.86. The molecule has 2 rings (SSSR count). The Morgan fingerprint density at radius 3 is 2.33 bits per heavy atom. The van der Waals surface area contributed by atoms with Crippen LogP contribution in [0.15, 0.2) is 0 Å². The van der Waals surface area contributed by atoms with Gasteiger partial charge in [-0.25, -0.2) is 5.14 Å². The fourth-order valence-electron chi connectivity index (χ4n) is 3.03. The van der Waals surface area contributed by atoms with Crippen LogP contribution in [-0.2, 0) is 15.0 Å². The fraction of sp³-hybridized carbons (Fsp3) is 0.917. The first-order chi connectivity index (χ1) is 9.41. The number of hydrogen-bond donors (Lipinski definition) is 2. The lowest BCUT2D eigenvalue weighted by Gasteiger charge is -2.37. The second-order valence-electron chi connectivity index (χ2n) is 5.63. The summed E-state index contributed by atoms with van der Waals surface area (Å²) in [4.78, 5) is 14.4. The molecular weight excluding hydrogens is 316 g/mol. The summed E-state index contributed by atoms with van der Waals surface area (Å²) < 4.78 is 23.7. The number of nitrogens with one attached hydrogen (secondary N) is 1. The molecular formula is C12H25ClN4O3S. The second kappa shape index (κ2) is 7.73. The summed E-state index contributed by atoms with van der Waals surface area (Å²) in [5, 5.41) is 8.33. The van der Waals surface area contributed by atoms with E-state index in [-0.39, 0.29) is 24.2 Å². The van der Waals surface area contributed by atoms with Crippen molar-refractivity contribution in [3.05, 3.63) is 0 Å². The predicted molar refractivity (Wildman–Crippen MR) is 83.3 cm³/mol. The largest absolute Gasteiger partial charge is 0.341 e. The number of rotatable bonds is 3. The maximum absolute atomic E-state index is 12.5. The van der Waals surface area contributed by atoms with E-state index in [9.17, 15) is 13.2 Å². The lowest BCUT2D eigenvalue weighted by atomic mass is 9.95. The first kappa shape index (κ1) is 18.6. The van der Waals surface area contributed by atoms with Crippen molar-refractivity contribution in [3.8, 4) is 0 Å². The lowest BCUT2D eigenvalue weighted by Crippen LogP contribution is -2.51. The van der Waals surface area contributed by atoms with E-state index in [0.717, 1.165) is 25.9 Å². The molecule has 0 aliphatic carbocycles. The van der Waals surface area contributed by atoms with Crippen LogP contribution >= 0.6 is 12.4 Å². The molecule has 2 aliphatic heterocycles. The van der Waals surface area contributed by atoms with Crippen LogP contribution < -0.4 is 10.5 Å². The minimum atomic E-state index is -3.61. The van der Waals surface area contributed by atoms with Crippen LogP contribution in [0, 0.1) is 5.92 Å². The zero-order valence-electron chi connectivity index (χ0n) is 12.3. The Morgan fingerprint density at radius 2 is 1.81 bits per heavy atom. The van der Waals surface area contributed by atoms with E-state index in [0.29, 0.717) is 32.0 Å². The van der Waals surface area contributed by atoms with Crippen molar-refractivity contribution in [2.45, 2.75) is 31.7 Å². The lowest BCUT2D eigenvalue weighted by molar-refractivity contribution is -0.138. The summed E-state index contributed by atoms with van der Waals surface area (Å²) in [6.45, 7) is 2.26. The molecule has 2 fully saturated rings. The average molecular weight is 341 g/mol. The van der Waals surface area contributed by atoms with Crippen LogP contribution in [0.25, 0.3) is 0 Å². The SMILES string of the molecule is CNC1CCCN(C(=O)C2CCN(S(N)(=O)=O)CC2)C1.Cl. The molecule has 124 valence electrons. The Labute approximate surface area is 132 Å². The highest BCUT2D eigenvalue weighted by Gasteiger charge is 2.33. The zero-order chi connectivity index (χ0) is 14.8. The van der Waals surface area contributed by atoms with E-state index >= 15 is 0 Å². The van der Waals surface area contributed by atoms with Crippen molar-refractivity contribution in [2.24, 2.45) is 11.1 Å². The van der Waals surface area contributed by atoms with E-state index in [1.165, 1.54) is 4.31 Å². The van der Waals surface area contributed by atoms with Gasteiger partial charge in [-0.3, -0.25) is 4.79 Å². The Morgan fingerprint density at radius 1 is 1.19 bits per heavy atom. The van der Waals surface area contributed by atoms with Crippen LogP contribution in [0.3, 0.4) is 0 Å². The van der Waals surface area contributed by atoms with Gasteiger partial charge in [0.1, 0.15) is 0 Å². The molecule has 1 atom stereocenters. The van der Waals surface area contributed by atoms with Gasteiger partial charge in [0.2, 0.25) is 5.91 Å². The van der Waals surface area contributed by atoms with Crippen molar-refractivity contribution in [3.63, 3.8) is 0 Å². The summed E-state index contributed by atoms with van der Waals surface area (Å²) in [7, 11) is -1.69. The molecule has 0 aromatic heterocycles. The molecule has 0 bridgehead atoms. The Balaban J connectivity index is 0.00000220. The maximum Gasteiger partial charge on any atom is 0.276 e. The van der Waals surface area contributed by atoms with Gasteiger partial charge < -0.3 is 10.2 Å². The van der Waals surface area contributed by atoms with Gasteiger partial charge >= 0.3 is 0 Å². The first-order valence-electron chi connectivity index (χ1n) is 7.15. The van der Waals surface area contributed by atoms with Crippen LogP contribution in [-0.4, -0.2) is 62.8 Å². The zero-order valence-corrected chi connectivity index (χ0v) is 14.0. The van der Waals surface area contributed by atoms with Crippen LogP contribution in [0.4, 0.5) is 0 Å². The fourth-order valence-corrected chi connectivity index (χ4v) is 3.75. The van der Waals surface area contributed by atoms with Crippen molar-refractivity contribution in [1.29, 1.82) is 0 Å². The van der Waals surface area contributed by atoms with E-state index in [1.54, 1.807) is 0 Å². The molecule has 2 aliphatic rings. The van der Waals surface area contributed by atoms with E-state index in [2.05, 4.69) is 5.32 Å². The summed E-state index contributed by atoms with van der Waals surface area (Å²) in [5.74, 6) is 0.0997. The molecule has 1 amide bonds. The maximum atomic E-state index is 12.5. The van der Waals surface area contributed by atoms with Gasteiger partial charge in [-0.1, -0.05) is 0 Å². The molecule has 0 saturated carbocycles. The average Bonchev–Trinajstić information content (AvgIpc) is 2.46. The minimum Gasteiger partial charge on any atom is -0.341 e. The van der Waals surface area contributed by atoms with Crippen molar-refractivity contribution in [2.75, 3.05) is 33.2 Å². The van der Waals surface area contributed by atoms with Gasteiger partial charge in [-0.15, -0.1) is 12.4 Å². The summed E-state index contributed by atoms with van der Waals surface area (Å²) in [5.41, 5.74) is 0. The summed E-state index contributed by atoms with van der Waals surface area (Å²) in [6.07, 6.45) is 3.25. The number of hydrogen-bond acceptors (Lipinski definition) is 4. The first-order valence-corrected chi connectivity index (χ1v) is 8.66. The normalized spacial score (nSPS) is 25.4. The van der Waals surface area contributed by atoms with Gasteiger partial charge in [-0.2, -0.15) is 12.7 Å². The standard InChI is InChI=1S/C12H24N4O3S.ClH/c1-14-11-3-2-6-15(9-11)12(17)10-4-7-16(8-5-10)20(13,18)19;/h10-11,14H,2-9H2,1H3,(H2,13,18,19);1H. The Bertz CT molecular complexity index is 451. The number of likely N-dealkylation sites (N-methyl/N-ethyl adjacent to an activating group) is 1.